The van der Waals surface area contributed by atoms with Crippen LogP contribution in [0.5, 0.6) is 0 Å². The molecular formula is C19H28N2O3. The molecule has 0 aromatic heterocycles. The smallest absolute Gasteiger partial charge is 0.331 e. The number of ether oxygens (including phenoxy) is 1. The van der Waals surface area contributed by atoms with E-state index >= 15 is 0 Å². The molecule has 0 bridgehead atoms. The highest BCUT2D eigenvalue weighted by Gasteiger charge is 2.43. The van der Waals surface area contributed by atoms with Crippen LogP contribution in [0.4, 0.5) is 0 Å². The third-order valence-electron chi connectivity index (χ3n) is 5.06. The number of hydrogen-bond donors (Lipinski definition) is 1. The van der Waals surface area contributed by atoms with E-state index in [4.69, 9.17) is 4.74 Å². The van der Waals surface area contributed by atoms with Gasteiger partial charge >= 0.3 is 5.97 Å². The van der Waals surface area contributed by atoms with Gasteiger partial charge in [0, 0.05) is 13.1 Å². The Morgan fingerprint density at radius 2 is 1.88 bits per heavy atom. The number of esters is 1. The maximum Gasteiger partial charge on any atom is 0.331 e. The molecule has 2 rings (SSSR count). The van der Waals surface area contributed by atoms with Gasteiger partial charge in [0.25, 0.3) is 0 Å². The summed E-state index contributed by atoms with van der Waals surface area (Å²) in [5.74, 6) is -0.791. The number of piperidine rings is 1. The lowest BCUT2D eigenvalue weighted by Gasteiger charge is -2.39. The monoisotopic (exact) mass is 332 g/mol. The van der Waals surface area contributed by atoms with Gasteiger partial charge in [-0.05, 0) is 51.8 Å². The molecule has 0 radical (unpaired) electrons. The molecule has 0 aliphatic carbocycles. The molecule has 1 atom stereocenters. The number of nitrogens with zero attached hydrogens (tertiary/aromatic N) is 1. The number of carbonyl (C=O) groups excluding carboxylic acids is 2. The van der Waals surface area contributed by atoms with E-state index in [9.17, 15) is 9.59 Å². The van der Waals surface area contributed by atoms with Crippen LogP contribution in [0, 0.1) is 13.8 Å². The molecule has 0 spiro atoms. The molecule has 1 aliphatic heterocycles. The van der Waals surface area contributed by atoms with Crippen molar-refractivity contribution in [2.24, 2.45) is 0 Å². The maximum atomic E-state index is 12.8. The minimum Gasteiger partial charge on any atom is -0.467 e. The summed E-state index contributed by atoms with van der Waals surface area (Å²) < 4.78 is 4.98. The van der Waals surface area contributed by atoms with Crippen LogP contribution in [0.25, 0.3) is 0 Å². The van der Waals surface area contributed by atoms with Gasteiger partial charge in [-0.3, -0.25) is 4.79 Å². The summed E-state index contributed by atoms with van der Waals surface area (Å²) in [5.41, 5.74) is 2.34. The SMILES string of the molecule is COC(=O)C1(NC(=O)C(C)c2ccc(C)cc2C)CCN(C)CC1. The molecule has 0 saturated carbocycles. The quantitative estimate of drug-likeness (QED) is 0.859. The molecule has 24 heavy (non-hydrogen) atoms. The summed E-state index contributed by atoms with van der Waals surface area (Å²) in [5, 5.41) is 3.00. The first-order chi connectivity index (χ1) is 11.3. The average molecular weight is 332 g/mol. The Labute approximate surface area is 144 Å². The van der Waals surface area contributed by atoms with E-state index in [-0.39, 0.29) is 17.8 Å². The molecule has 5 heteroatoms. The van der Waals surface area contributed by atoms with Crippen molar-refractivity contribution in [2.75, 3.05) is 27.2 Å². The number of hydrogen-bond acceptors (Lipinski definition) is 4. The Bertz CT molecular complexity index is 619. The minimum absolute atomic E-state index is 0.128. The summed E-state index contributed by atoms with van der Waals surface area (Å²) in [6.07, 6.45) is 1.14. The first-order valence-corrected chi connectivity index (χ1v) is 8.45. The summed E-state index contributed by atoms with van der Waals surface area (Å²) in [6.45, 7) is 7.44. The van der Waals surface area contributed by atoms with E-state index in [0.717, 1.165) is 24.2 Å². The molecule has 1 amide bonds. The Balaban J connectivity index is 2.19. The molecule has 1 aromatic rings. The standard InChI is InChI=1S/C19H28N2O3/c1-13-6-7-16(14(2)12-13)15(3)17(22)20-19(18(23)24-5)8-10-21(4)11-9-19/h6-7,12,15H,8-11H2,1-5H3,(H,20,22). The van der Waals surface area contributed by atoms with Crippen molar-refractivity contribution < 1.29 is 14.3 Å². The predicted molar refractivity (Wildman–Crippen MR) is 94.0 cm³/mol. The number of benzene rings is 1. The second kappa shape index (κ2) is 7.34. The van der Waals surface area contributed by atoms with Crippen molar-refractivity contribution in [3.05, 3.63) is 34.9 Å². The number of aryl methyl sites for hydroxylation is 2. The van der Waals surface area contributed by atoms with E-state index in [1.54, 1.807) is 0 Å². The molecule has 1 N–H and O–H groups in total. The van der Waals surface area contributed by atoms with Crippen LogP contribution < -0.4 is 5.32 Å². The molecular weight excluding hydrogens is 304 g/mol. The van der Waals surface area contributed by atoms with Crippen molar-refractivity contribution in [3.8, 4) is 0 Å². The highest BCUT2D eigenvalue weighted by Crippen LogP contribution is 2.26. The third kappa shape index (κ3) is 3.78. The highest BCUT2D eigenvalue weighted by atomic mass is 16.5. The lowest BCUT2D eigenvalue weighted by molar-refractivity contribution is -0.153. The molecule has 132 valence electrons. The van der Waals surface area contributed by atoms with Crippen LogP contribution in [-0.2, 0) is 14.3 Å². The van der Waals surface area contributed by atoms with Gasteiger partial charge in [-0.1, -0.05) is 23.8 Å². The Morgan fingerprint density at radius 1 is 1.25 bits per heavy atom. The van der Waals surface area contributed by atoms with Crippen molar-refractivity contribution in [1.82, 2.24) is 10.2 Å². The van der Waals surface area contributed by atoms with E-state index in [2.05, 4.69) is 16.3 Å². The normalized spacial score (nSPS) is 18.7. The summed E-state index contributed by atoms with van der Waals surface area (Å²) in [6, 6.07) is 6.08. The molecule has 1 fully saturated rings. The predicted octanol–water partition coefficient (Wildman–Crippen LogP) is 2.16. The zero-order valence-electron chi connectivity index (χ0n) is 15.3. The van der Waals surface area contributed by atoms with Crippen molar-refractivity contribution in [1.29, 1.82) is 0 Å². The minimum atomic E-state index is -0.912. The van der Waals surface area contributed by atoms with Crippen LogP contribution >= 0.6 is 0 Å². The fourth-order valence-electron chi connectivity index (χ4n) is 3.37. The Kier molecular flexibility index (Phi) is 5.65. The fourth-order valence-corrected chi connectivity index (χ4v) is 3.37. The van der Waals surface area contributed by atoms with Crippen LogP contribution in [0.15, 0.2) is 18.2 Å². The van der Waals surface area contributed by atoms with Crippen LogP contribution in [0.2, 0.25) is 0 Å². The Morgan fingerprint density at radius 3 is 2.42 bits per heavy atom. The average Bonchev–Trinajstić information content (AvgIpc) is 2.55. The highest BCUT2D eigenvalue weighted by molar-refractivity contribution is 5.91. The number of methoxy groups -OCH3 is 1. The summed E-state index contributed by atoms with van der Waals surface area (Å²) in [4.78, 5) is 27.3. The molecule has 1 heterocycles. The van der Waals surface area contributed by atoms with Crippen LogP contribution in [0.3, 0.4) is 0 Å². The first-order valence-electron chi connectivity index (χ1n) is 8.45. The van der Waals surface area contributed by atoms with Crippen LogP contribution in [0.1, 0.15) is 42.4 Å². The zero-order valence-corrected chi connectivity index (χ0v) is 15.3. The zero-order chi connectivity index (χ0) is 17.9. The number of rotatable bonds is 4. The maximum absolute atomic E-state index is 12.8. The van der Waals surface area contributed by atoms with Gasteiger partial charge in [0.15, 0.2) is 0 Å². The fraction of sp³-hybridized carbons (Fsp3) is 0.579. The van der Waals surface area contributed by atoms with Gasteiger partial charge < -0.3 is 15.0 Å². The van der Waals surface area contributed by atoms with Gasteiger partial charge in [-0.2, -0.15) is 0 Å². The van der Waals surface area contributed by atoms with E-state index in [1.807, 2.05) is 40.0 Å². The van der Waals surface area contributed by atoms with Gasteiger partial charge in [0.05, 0.1) is 13.0 Å². The molecule has 1 aliphatic rings. The van der Waals surface area contributed by atoms with Crippen molar-refractivity contribution in [3.63, 3.8) is 0 Å². The number of likely N-dealkylation sites (tertiary alicyclic amines) is 1. The molecule has 1 saturated heterocycles. The summed E-state index contributed by atoms with van der Waals surface area (Å²) in [7, 11) is 3.39. The van der Waals surface area contributed by atoms with E-state index in [0.29, 0.717) is 12.8 Å². The number of nitrogens with one attached hydrogen (secondary N) is 1. The van der Waals surface area contributed by atoms with Gasteiger partial charge in [0.1, 0.15) is 5.54 Å². The molecule has 5 nitrogen and oxygen atoms in total. The topological polar surface area (TPSA) is 58.6 Å². The van der Waals surface area contributed by atoms with E-state index in [1.165, 1.54) is 12.7 Å². The third-order valence-corrected chi connectivity index (χ3v) is 5.06. The lowest BCUT2D eigenvalue weighted by atomic mass is 9.86. The van der Waals surface area contributed by atoms with Gasteiger partial charge in [-0.15, -0.1) is 0 Å². The van der Waals surface area contributed by atoms with Crippen molar-refractivity contribution in [2.45, 2.75) is 45.1 Å². The lowest BCUT2D eigenvalue weighted by Crippen LogP contribution is -2.60. The largest absolute Gasteiger partial charge is 0.467 e. The number of carbonyl (C=O) groups is 2. The van der Waals surface area contributed by atoms with E-state index < -0.39 is 5.54 Å². The molecule has 1 unspecified atom stereocenters. The van der Waals surface area contributed by atoms with Crippen molar-refractivity contribution >= 4 is 11.9 Å². The van der Waals surface area contributed by atoms with Crippen LogP contribution in [-0.4, -0.2) is 49.6 Å². The first kappa shape index (κ1) is 18.5. The van der Waals surface area contributed by atoms with Gasteiger partial charge in [-0.25, -0.2) is 4.79 Å². The number of amides is 1. The second-order valence-electron chi connectivity index (χ2n) is 6.95. The molecule has 1 aromatic carbocycles. The summed E-state index contributed by atoms with van der Waals surface area (Å²) >= 11 is 0. The second-order valence-corrected chi connectivity index (χ2v) is 6.95. The van der Waals surface area contributed by atoms with Gasteiger partial charge in [0.2, 0.25) is 5.91 Å². The Hall–Kier alpha value is -1.88.